The lowest BCUT2D eigenvalue weighted by molar-refractivity contribution is -0.142. The number of likely N-dealkylation sites (tertiary alicyclic amines) is 2. The first-order valence-electron chi connectivity index (χ1n) is 16.4. The van der Waals surface area contributed by atoms with Crippen molar-refractivity contribution in [2.24, 2.45) is 0 Å². The summed E-state index contributed by atoms with van der Waals surface area (Å²) in [4.78, 5) is 33.7. The quantitative estimate of drug-likeness (QED) is 0.185. The maximum Gasteiger partial charge on any atom is 0.247 e. The fourth-order valence-corrected chi connectivity index (χ4v) is 6.68. The Morgan fingerprint density at radius 2 is 1.45 bits per heavy atom. The van der Waals surface area contributed by atoms with E-state index in [0.29, 0.717) is 43.1 Å². The molecule has 2 amide bonds. The third-order valence-electron chi connectivity index (χ3n) is 9.16. The Morgan fingerprint density at radius 3 is 2.11 bits per heavy atom. The summed E-state index contributed by atoms with van der Waals surface area (Å²) in [5.41, 5.74) is 10.5. The van der Waals surface area contributed by atoms with E-state index in [2.05, 4.69) is 10.2 Å². The van der Waals surface area contributed by atoms with Gasteiger partial charge in [-0.05, 0) is 91.9 Å². The van der Waals surface area contributed by atoms with Gasteiger partial charge in [0.2, 0.25) is 11.8 Å². The lowest BCUT2D eigenvalue weighted by Gasteiger charge is -2.37. The Bertz CT molecular complexity index is 1660. The van der Waals surface area contributed by atoms with Gasteiger partial charge in [0.1, 0.15) is 12.1 Å². The van der Waals surface area contributed by atoms with E-state index in [9.17, 15) is 18.4 Å². The van der Waals surface area contributed by atoms with Crippen LogP contribution in [0.3, 0.4) is 0 Å². The first-order chi connectivity index (χ1) is 22.9. The van der Waals surface area contributed by atoms with Crippen LogP contribution < -0.4 is 16.0 Å². The first kappa shape index (κ1) is 32.2. The van der Waals surface area contributed by atoms with Crippen LogP contribution in [0.4, 0.5) is 25.8 Å². The molecule has 2 aliphatic heterocycles. The van der Waals surface area contributed by atoms with Crippen molar-refractivity contribution in [3.8, 4) is 0 Å². The molecule has 4 aromatic rings. The number of nitrogens with two attached hydrogens (primary N) is 1. The van der Waals surface area contributed by atoms with Crippen LogP contribution in [0.2, 0.25) is 0 Å². The molecule has 0 saturated carbocycles. The Morgan fingerprint density at radius 1 is 0.787 bits per heavy atom. The molecule has 2 atom stereocenters. The van der Waals surface area contributed by atoms with Gasteiger partial charge < -0.3 is 20.9 Å². The number of amides is 2. The molecule has 2 fully saturated rings. The van der Waals surface area contributed by atoms with Gasteiger partial charge in [-0.15, -0.1) is 0 Å². The van der Waals surface area contributed by atoms with Crippen molar-refractivity contribution in [3.05, 3.63) is 125 Å². The average Bonchev–Trinajstić information content (AvgIpc) is 3.59. The number of piperidine rings is 1. The zero-order valence-corrected chi connectivity index (χ0v) is 26.5. The molecule has 0 aliphatic carbocycles. The lowest BCUT2D eigenvalue weighted by Crippen LogP contribution is -2.49. The second kappa shape index (κ2) is 14.8. The van der Waals surface area contributed by atoms with E-state index in [1.807, 2.05) is 83.8 Å². The topological polar surface area (TPSA) is 81.9 Å². The van der Waals surface area contributed by atoms with Crippen LogP contribution in [-0.2, 0) is 22.7 Å². The summed E-state index contributed by atoms with van der Waals surface area (Å²) in [7, 11) is 0. The number of benzene rings is 4. The summed E-state index contributed by atoms with van der Waals surface area (Å²) in [5, 5.41) is 3.03. The normalized spacial score (nSPS) is 17.3. The molecule has 2 aliphatic rings. The van der Waals surface area contributed by atoms with Crippen molar-refractivity contribution in [1.29, 1.82) is 0 Å². The molecule has 2 heterocycles. The Balaban J connectivity index is 1.14. The molecule has 4 aromatic carbocycles. The van der Waals surface area contributed by atoms with E-state index < -0.39 is 23.7 Å². The Kier molecular flexibility index (Phi) is 10.1. The van der Waals surface area contributed by atoms with Gasteiger partial charge in [0.15, 0.2) is 11.6 Å². The highest BCUT2D eigenvalue weighted by molar-refractivity contribution is 5.98. The molecule has 0 aromatic heterocycles. The summed E-state index contributed by atoms with van der Waals surface area (Å²) in [6, 6.07) is 27.8. The standard InChI is InChI=1S/C38H41F2N5O2/c39-33-20-19-32(24-34(33)40)44(25-27-11-15-30(41)16-12-27)26-28-13-17-31(18-14-28)42-37(46)35-10-7-23-45(35)38(47)36(29-8-3-1-4-9-29)43-21-5-2-6-22-43/h1,3-4,8-9,11-20,24,35-36H,2,5-7,10,21-23,25-26,41H2,(H,42,46)/t35-,36+/m0/s1. The van der Waals surface area contributed by atoms with Gasteiger partial charge in [-0.25, -0.2) is 8.78 Å². The van der Waals surface area contributed by atoms with Gasteiger partial charge in [-0.1, -0.05) is 61.0 Å². The Labute approximate surface area is 275 Å². The van der Waals surface area contributed by atoms with Crippen molar-refractivity contribution in [3.63, 3.8) is 0 Å². The maximum absolute atomic E-state index is 14.2. The van der Waals surface area contributed by atoms with Crippen LogP contribution >= 0.6 is 0 Å². The van der Waals surface area contributed by atoms with Crippen LogP contribution in [0, 0.1) is 11.6 Å². The molecule has 3 N–H and O–H groups in total. The SMILES string of the molecule is Nc1ccc(CN(Cc2ccc(NC(=O)[C@@H]3CCCN3C(=O)[C@@H](c3ccccc3)N3CCCCC3)cc2)c2ccc(F)c(F)c2)cc1. The third-order valence-corrected chi connectivity index (χ3v) is 9.16. The van der Waals surface area contributed by atoms with Gasteiger partial charge >= 0.3 is 0 Å². The minimum absolute atomic E-state index is 0.00970. The van der Waals surface area contributed by atoms with Gasteiger partial charge in [0, 0.05) is 42.8 Å². The number of hydrogen-bond acceptors (Lipinski definition) is 5. The maximum atomic E-state index is 14.2. The average molecular weight is 638 g/mol. The second-order valence-corrected chi connectivity index (χ2v) is 12.5. The molecule has 9 heteroatoms. The predicted molar refractivity (Wildman–Crippen MR) is 182 cm³/mol. The fourth-order valence-electron chi connectivity index (χ4n) is 6.68. The molecule has 244 valence electrons. The van der Waals surface area contributed by atoms with Crippen molar-refractivity contribution in [2.45, 2.75) is 57.3 Å². The molecular formula is C38H41F2N5O2. The zero-order valence-electron chi connectivity index (χ0n) is 26.5. The lowest BCUT2D eigenvalue weighted by atomic mass is 10.00. The first-order valence-corrected chi connectivity index (χ1v) is 16.4. The minimum atomic E-state index is -0.909. The monoisotopic (exact) mass is 637 g/mol. The molecule has 2 saturated heterocycles. The third kappa shape index (κ3) is 7.80. The van der Waals surface area contributed by atoms with Gasteiger partial charge in [-0.2, -0.15) is 0 Å². The van der Waals surface area contributed by atoms with Crippen LogP contribution in [0.5, 0.6) is 0 Å². The number of nitrogens with one attached hydrogen (secondary N) is 1. The van der Waals surface area contributed by atoms with Crippen LogP contribution in [0.15, 0.2) is 97.1 Å². The number of nitrogen functional groups attached to an aromatic ring is 1. The zero-order chi connectivity index (χ0) is 32.8. The van der Waals surface area contributed by atoms with Gasteiger partial charge in [-0.3, -0.25) is 14.5 Å². The summed E-state index contributed by atoms with van der Waals surface area (Å²) in [6.45, 7) is 3.18. The number of anilines is 3. The molecule has 0 bridgehead atoms. The smallest absolute Gasteiger partial charge is 0.247 e. The summed E-state index contributed by atoms with van der Waals surface area (Å²) < 4.78 is 27.9. The highest BCUT2D eigenvalue weighted by atomic mass is 19.2. The van der Waals surface area contributed by atoms with Crippen molar-refractivity contribution < 1.29 is 18.4 Å². The number of hydrogen-bond donors (Lipinski definition) is 2. The van der Waals surface area contributed by atoms with Gasteiger partial charge in [0.05, 0.1) is 0 Å². The molecule has 0 unspecified atom stereocenters. The summed E-state index contributed by atoms with van der Waals surface area (Å²) in [6.07, 6.45) is 4.70. The Hall–Kier alpha value is -4.76. The molecule has 0 spiro atoms. The number of carbonyl (C=O) groups excluding carboxylic acids is 2. The largest absolute Gasteiger partial charge is 0.399 e. The van der Waals surface area contributed by atoms with E-state index in [1.165, 1.54) is 12.5 Å². The molecule has 7 nitrogen and oxygen atoms in total. The van der Waals surface area contributed by atoms with Crippen LogP contribution in [-0.4, -0.2) is 47.3 Å². The van der Waals surface area contributed by atoms with Crippen LogP contribution in [0.25, 0.3) is 0 Å². The molecule has 0 radical (unpaired) electrons. The van der Waals surface area contributed by atoms with E-state index in [4.69, 9.17) is 5.73 Å². The van der Waals surface area contributed by atoms with E-state index in [0.717, 1.165) is 55.1 Å². The fraction of sp³-hybridized carbons (Fsp3) is 0.316. The van der Waals surface area contributed by atoms with Crippen molar-refractivity contribution in [1.82, 2.24) is 9.80 Å². The van der Waals surface area contributed by atoms with Crippen molar-refractivity contribution >= 4 is 28.9 Å². The highest BCUT2D eigenvalue weighted by Gasteiger charge is 2.40. The van der Waals surface area contributed by atoms with E-state index in [1.54, 1.807) is 11.0 Å². The highest BCUT2D eigenvalue weighted by Crippen LogP contribution is 2.31. The van der Waals surface area contributed by atoms with Gasteiger partial charge in [0.25, 0.3) is 0 Å². The summed E-state index contributed by atoms with van der Waals surface area (Å²) >= 11 is 0. The number of nitrogens with zero attached hydrogens (tertiary/aromatic N) is 3. The van der Waals surface area contributed by atoms with E-state index >= 15 is 0 Å². The number of rotatable bonds is 10. The minimum Gasteiger partial charge on any atom is -0.399 e. The van der Waals surface area contributed by atoms with Crippen LogP contribution in [0.1, 0.15) is 54.8 Å². The molecular weight excluding hydrogens is 596 g/mol. The molecule has 6 rings (SSSR count). The van der Waals surface area contributed by atoms with E-state index in [-0.39, 0.29) is 11.8 Å². The summed E-state index contributed by atoms with van der Waals surface area (Å²) in [5.74, 6) is -2.01. The molecule has 47 heavy (non-hydrogen) atoms. The second-order valence-electron chi connectivity index (χ2n) is 12.5. The predicted octanol–water partition coefficient (Wildman–Crippen LogP) is 6.91. The number of carbonyl (C=O) groups is 2. The van der Waals surface area contributed by atoms with Crippen molar-refractivity contribution in [2.75, 3.05) is 35.6 Å². The number of halogens is 2.